The minimum atomic E-state index is -0.500. The van der Waals surface area contributed by atoms with E-state index in [1.165, 1.54) is 0 Å². The van der Waals surface area contributed by atoms with Crippen molar-refractivity contribution in [1.82, 2.24) is 10.6 Å². The fraction of sp³-hybridized carbons (Fsp3) is 0.467. The summed E-state index contributed by atoms with van der Waals surface area (Å²) in [6, 6.07) is 7.54. The van der Waals surface area contributed by atoms with Crippen molar-refractivity contribution in [1.29, 1.82) is 0 Å². The van der Waals surface area contributed by atoms with Crippen LogP contribution in [0.15, 0.2) is 24.3 Å². The molecule has 0 radical (unpaired) electrons. The molecular weight excluding hydrogens is 270 g/mol. The molecule has 21 heavy (non-hydrogen) atoms. The molecule has 6 nitrogen and oxygen atoms in total. The summed E-state index contributed by atoms with van der Waals surface area (Å²) in [5.41, 5.74) is 6.07. The van der Waals surface area contributed by atoms with Gasteiger partial charge in [0.25, 0.3) is 5.91 Å². The zero-order chi connectivity index (χ0) is 15.7. The van der Waals surface area contributed by atoms with Gasteiger partial charge in [0.2, 0.25) is 5.91 Å². The first-order valence-electron chi connectivity index (χ1n) is 6.97. The predicted octanol–water partition coefficient (Wildman–Crippen LogP) is 0.555. The largest absolute Gasteiger partial charge is 0.484 e. The first-order chi connectivity index (χ1) is 9.97. The van der Waals surface area contributed by atoms with Crippen molar-refractivity contribution in [2.24, 2.45) is 5.73 Å². The summed E-state index contributed by atoms with van der Waals surface area (Å²) < 4.78 is 5.17. The summed E-state index contributed by atoms with van der Waals surface area (Å²) >= 11 is 0. The van der Waals surface area contributed by atoms with Crippen LogP contribution in [0.5, 0.6) is 5.75 Å². The van der Waals surface area contributed by atoms with Crippen LogP contribution in [0.3, 0.4) is 0 Å². The van der Waals surface area contributed by atoms with Crippen LogP contribution in [0.1, 0.15) is 25.8 Å². The second-order valence-electron chi connectivity index (χ2n) is 5.05. The molecule has 6 heteroatoms. The van der Waals surface area contributed by atoms with Crippen LogP contribution in [0.25, 0.3) is 0 Å². The van der Waals surface area contributed by atoms with Gasteiger partial charge in [0.15, 0.2) is 6.61 Å². The Morgan fingerprint density at radius 1 is 1.24 bits per heavy atom. The molecule has 0 saturated heterocycles. The quantitative estimate of drug-likeness (QED) is 0.580. The van der Waals surface area contributed by atoms with E-state index in [0.29, 0.717) is 25.3 Å². The Morgan fingerprint density at radius 2 is 1.90 bits per heavy atom. The van der Waals surface area contributed by atoms with Gasteiger partial charge in [-0.1, -0.05) is 12.1 Å². The lowest BCUT2D eigenvalue weighted by molar-refractivity contribution is -0.121. The maximum atomic E-state index is 11.4. The number of nitrogens with two attached hydrogens (primary N) is 1. The monoisotopic (exact) mass is 293 g/mol. The molecule has 0 aliphatic carbocycles. The number of ether oxygens (including phenoxy) is 1. The Kier molecular flexibility index (Phi) is 7.25. The maximum Gasteiger partial charge on any atom is 0.255 e. The Hall–Kier alpha value is -2.08. The molecule has 1 aromatic rings. The molecular formula is C15H23N3O3. The summed E-state index contributed by atoms with van der Waals surface area (Å²) in [5.74, 6) is 0.155. The van der Waals surface area contributed by atoms with Crippen LogP contribution in [0, 0.1) is 0 Å². The minimum absolute atomic E-state index is 0.0488. The summed E-state index contributed by atoms with van der Waals surface area (Å²) in [4.78, 5) is 22.0. The lowest BCUT2D eigenvalue weighted by Crippen LogP contribution is -2.32. The van der Waals surface area contributed by atoms with Crippen molar-refractivity contribution in [3.05, 3.63) is 29.8 Å². The molecule has 0 atom stereocenters. The van der Waals surface area contributed by atoms with Crippen molar-refractivity contribution >= 4 is 11.8 Å². The van der Waals surface area contributed by atoms with Gasteiger partial charge in [0, 0.05) is 25.6 Å². The molecule has 0 spiro atoms. The van der Waals surface area contributed by atoms with Crippen molar-refractivity contribution in [2.75, 3.05) is 13.2 Å². The van der Waals surface area contributed by atoms with E-state index in [9.17, 15) is 9.59 Å². The number of nitrogens with one attached hydrogen (secondary N) is 2. The fourth-order valence-electron chi connectivity index (χ4n) is 1.69. The van der Waals surface area contributed by atoms with Crippen LogP contribution in [0.4, 0.5) is 0 Å². The van der Waals surface area contributed by atoms with Gasteiger partial charge in [-0.05, 0) is 31.5 Å². The van der Waals surface area contributed by atoms with Gasteiger partial charge in [-0.2, -0.15) is 0 Å². The normalized spacial score (nSPS) is 10.4. The molecule has 2 amide bonds. The van der Waals surface area contributed by atoms with Gasteiger partial charge >= 0.3 is 0 Å². The van der Waals surface area contributed by atoms with Crippen LogP contribution in [-0.2, 0) is 16.1 Å². The second kappa shape index (κ2) is 8.97. The third kappa shape index (κ3) is 7.94. The van der Waals surface area contributed by atoms with Crippen molar-refractivity contribution in [3.8, 4) is 5.75 Å². The third-order valence-electron chi connectivity index (χ3n) is 2.61. The molecule has 0 saturated carbocycles. The Bertz CT molecular complexity index is 458. The molecule has 1 aromatic carbocycles. The van der Waals surface area contributed by atoms with Crippen LogP contribution in [-0.4, -0.2) is 31.0 Å². The van der Waals surface area contributed by atoms with Crippen LogP contribution in [0.2, 0.25) is 0 Å². The fourth-order valence-corrected chi connectivity index (χ4v) is 1.69. The number of rotatable bonds is 9. The van der Waals surface area contributed by atoms with Crippen LogP contribution >= 0.6 is 0 Å². The number of carbonyl (C=O) groups is 2. The first-order valence-corrected chi connectivity index (χ1v) is 6.97. The van der Waals surface area contributed by atoms with Crippen molar-refractivity contribution in [2.45, 2.75) is 32.9 Å². The van der Waals surface area contributed by atoms with E-state index in [1.807, 2.05) is 26.0 Å². The summed E-state index contributed by atoms with van der Waals surface area (Å²) in [7, 11) is 0. The van der Waals surface area contributed by atoms with Gasteiger partial charge in [-0.15, -0.1) is 0 Å². The van der Waals surface area contributed by atoms with Gasteiger partial charge in [-0.3, -0.25) is 9.59 Å². The van der Waals surface area contributed by atoms with E-state index in [1.54, 1.807) is 12.1 Å². The Morgan fingerprint density at radius 3 is 2.48 bits per heavy atom. The number of hydrogen-bond acceptors (Lipinski definition) is 4. The molecule has 116 valence electrons. The van der Waals surface area contributed by atoms with E-state index in [4.69, 9.17) is 10.5 Å². The molecule has 0 aliphatic rings. The molecule has 4 N–H and O–H groups in total. The Balaban J connectivity index is 2.23. The van der Waals surface area contributed by atoms with E-state index < -0.39 is 5.91 Å². The molecule has 0 aromatic heterocycles. The molecule has 0 fully saturated rings. The summed E-state index contributed by atoms with van der Waals surface area (Å²) in [6.07, 6.45) is 0.456. The number of primary amides is 1. The number of hydrogen-bond donors (Lipinski definition) is 3. The van der Waals surface area contributed by atoms with Gasteiger partial charge in [0.05, 0.1) is 0 Å². The average Bonchev–Trinajstić information content (AvgIpc) is 2.42. The summed E-state index contributed by atoms with van der Waals surface area (Å²) in [6.45, 7) is 5.05. The van der Waals surface area contributed by atoms with Gasteiger partial charge < -0.3 is 21.1 Å². The smallest absolute Gasteiger partial charge is 0.255 e. The standard InChI is InChI=1S/C15H23N3O3/c1-11(2)18-15(20)7-8-17-9-12-3-5-13(6-4-12)21-10-14(16)19/h3-6,11,17H,7-10H2,1-2H3,(H2,16,19)(H,18,20). The molecule has 0 unspecified atom stereocenters. The number of carbonyl (C=O) groups excluding carboxylic acids is 2. The zero-order valence-electron chi connectivity index (χ0n) is 12.5. The average molecular weight is 293 g/mol. The maximum absolute atomic E-state index is 11.4. The first kappa shape index (κ1) is 17.0. The zero-order valence-corrected chi connectivity index (χ0v) is 12.5. The van der Waals surface area contributed by atoms with Crippen molar-refractivity contribution in [3.63, 3.8) is 0 Å². The van der Waals surface area contributed by atoms with E-state index >= 15 is 0 Å². The lowest BCUT2D eigenvalue weighted by atomic mass is 10.2. The second-order valence-corrected chi connectivity index (χ2v) is 5.05. The lowest BCUT2D eigenvalue weighted by Gasteiger charge is -2.09. The topological polar surface area (TPSA) is 93.4 Å². The van der Waals surface area contributed by atoms with Gasteiger partial charge in [-0.25, -0.2) is 0 Å². The highest BCUT2D eigenvalue weighted by Crippen LogP contribution is 2.11. The van der Waals surface area contributed by atoms with E-state index in [-0.39, 0.29) is 18.6 Å². The summed E-state index contributed by atoms with van der Waals surface area (Å²) in [5, 5.41) is 6.04. The SMILES string of the molecule is CC(C)NC(=O)CCNCc1ccc(OCC(N)=O)cc1. The van der Waals surface area contributed by atoms with Crippen LogP contribution < -0.4 is 21.1 Å². The highest BCUT2D eigenvalue weighted by molar-refractivity contribution is 5.76. The molecule has 1 rings (SSSR count). The molecule has 0 aliphatic heterocycles. The van der Waals surface area contributed by atoms with E-state index in [0.717, 1.165) is 5.56 Å². The number of benzene rings is 1. The number of amides is 2. The van der Waals surface area contributed by atoms with E-state index in [2.05, 4.69) is 10.6 Å². The molecule has 0 heterocycles. The Labute approximate surface area is 125 Å². The highest BCUT2D eigenvalue weighted by Gasteiger charge is 2.02. The minimum Gasteiger partial charge on any atom is -0.484 e. The predicted molar refractivity (Wildman–Crippen MR) is 80.7 cm³/mol. The molecule has 0 bridgehead atoms. The van der Waals surface area contributed by atoms with Crippen molar-refractivity contribution < 1.29 is 14.3 Å². The van der Waals surface area contributed by atoms with Gasteiger partial charge in [0.1, 0.15) is 5.75 Å². The third-order valence-corrected chi connectivity index (χ3v) is 2.61. The highest BCUT2D eigenvalue weighted by atomic mass is 16.5.